The van der Waals surface area contributed by atoms with Crippen LogP contribution in [0.15, 0.2) is 42.5 Å². The van der Waals surface area contributed by atoms with Crippen molar-refractivity contribution in [1.82, 2.24) is 0 Å². The summed E-state index contributed by atoms with van der Waals surface area (Å²) in [6.07, 6.45) is -4.46. The molecule has 2 aromatic rings. The van der Waals surface area contributed by atoms with E-state index >= 15 is 0 Å². The Morgan fingerprint density at radius 3 is 2.30 bits per heavy atom. The van der Waals surface area contributed by atoms with Crippen molar-refractivity contribution in [2.24, 2.45) is 5.92 Å². The lowest BCUT2D eigenvalue weighted by molar-refractivity contribution is -0.137. The highest BCUT2D eigenvalue weighted by molar-refractivity contribution is 5.87. The van der Waals surface area contributed by atoms with Crippen molar-refractivity contribution in [2.45, 2.75) is 26.6 Å². The molecule has 4 nitrogen and oxygen atoms in total. The number of carboxylic acids is 1. The Hall–Kier alpha value is -2.70. The Bertz CT molecular complexity index is 786. The maximum Gasteiger partial charge on any atom is 0.416 e. The van der Waals surface area contributed by atoms with Crippen LogP contribution in [-0.2, 0) is 12.8 Å². The van der Waals surface area contributed by atoms with Gasteiger partial charge in [-0.15, -0.1) is 0 Å². The SMILES string of the molecule is CC(C)CN(C)c1ccc(C(F)(F)F)cc1OCc1ccc(C(=O)O)cc1. The minimum Gasteiger partial charge on any atom is -0.487 e. The lowest BCUT2D eigenvalue weighted by atomic mass is 10.1. The smallest absolute Gasteiger partial charge is 0.416 e. The first-order valence-electron chi connectivity index (χ1n) is 8.45. The lowest BCUT2D eigenvalue weighted by Gasteiger charge is -2.25. The van der Waals surface area contributed by atoms with Gasteiger partial charge in [0.25, 0.3) is 0 Å². The van der Waals surface area contributed by atoms with E-state index < -0.39 is 17.7 Å². The Balaban J connectivity index is 2.26. The van der Waals surface area contributed by atoms with E-state index in [0.717, 1.165) is 12.1 Å². The predicted octanol–water partition coefficient (Wildman–Crippen LogP) is 5.07. The average Bonchev–Trinajstić information content (AvgIpc) is 2.58. The van der Waals surface area contributed by atoms with Gasteiger partial charge >= 0.3 is 12.1 Å². The van der Waals surface area contributed by atoms with E-state index in [1.165, 1.54) is 18.2 Å². The summed E-state index contributed by atoms with van der Waals surface area (Å²) in [5, 5.41) is 8.92. The van der Waals surface area contributed by atoms with Crippen molar-refractivity contribution < 1.29 is 27.8 Å². The fourth-order valence-electron chi connectivity index (χ4n) is 2.67. The molecule has 0 fully saturated rings. The number of nitrogens with zero attached hydrogens (tertiary/aromatic N) is 1. The lowest BCUT2D eigenvalue weighted by Crippen LogP contribution is -2.23. The number of anilines is 1. The van der Waals surface area contributed by atoms with Crippen molar-refractivity contribution in [1.29, 1.82) is 0 Å². The highest BCUT2D eigenvalue weighted by Gasteiger charge is 2.31. The molecule has 0 aliphatic heterocycles. The Labute approximate surface area is 156 Å². The van der Waals surface area contributed by atoms with Crippen LogP contribution in [0.4, 0.5) is 18.9 Å². The summed E-state index contributed by atoms with van der Waals surface area (Å²) in [4.78, 5) is 12.7. The predicted molar refractivity (Wildman–Crippen MR) is 97.3 cm³/mol. The van der Waals surface area contributed by atoms with Crippen LogP contribution in [0.3, 0.4) is 0 Å². The minimum atomic E-state index is -4.46. The maximum absolute atomic E-state index is 13.1. The fraction of sp³-hybridized carbons (Fsp3) is 0.350. The molecule has 2 rings (SSSR count). The molecule has 0 unspecified atom stereocenters. The second kappa shape index (κ2) is 8.33. The number of halogens is 3. The highest BCUT2D eigenvalue weighted by atomic mass is 19.4. The molecule has 2 aromatic carbocycles. The van der Waals surface area contributed by atoms with Gasteiger partial charge in [-0.2, -0.15) is 13.2 Å². The van der Waals surface area contributed by atoms with Gasteiger partial charge in [0.15, 0.2) is 0 Å². The van der Waals surface area contributed by atoms with Gasteiger partial charge in [0.05, 0.1) is 16.8 Å². The third kappa shape index (κ3) is 5.64. The number of carbonyl (C=O) groups is 1. The third-order valence-electron chi connectivity index (χ3n) is 3.93. The Morgan fingerprint density at radius 1 is 1.15 bits per heavy atom. The van der Waals surface area contributed by atoms with Crippen LogP contribution >= 0.6 is 0 Å². The Morgan fingerprint density at radius 2 is 1.78 bits per heavy atom. The fourth-order valence-corrected chi connectivity index (χ4v) is 2.67. The molecule has 0 amide bonds. The van der Waals surface area contributed by atoms with Crippen molar-refractivity contribution in [3.8, 4) is 5.75 Å². The van der Waals surface area contributed by atoms with Crippen LogP contribution in [0.1, 0.15) is 35.3 Å². The van der Waals surface area contributed by atoms with Gasteiger partial charge in [-0.05, 0) is 41.8 Å². The van der Waals surface area contributed by atoms with Gasteiger partial charge in [-0.3, -0.25) is 0 Å². The average molecular weight is 381 g/mol. The molecule has 7 heteroatoms. The van der Waals surface area contributed by atoms with E-state index in [-0.39, 0.29) is 17.9 Å². The van der Waals surface area contributed by atoms with Gasteiger partial charge < -0.3 is 14.7 Å². The monoisotopic (exact) mass is 381 g/mol. The van der Waals surface area contributed by atoms with E-state index in [2.05, 4.69) is 0 Å². The summed E-state index contributed by atoms with van der Waals surface area (Å²) in [5.41, 5.74) is 0.587. The quantitative estimate of drug-likeness (QED) is 0.727. The second-order valence-corrected chi connectivity index (χ2v) is 6.75. The van der Waals surface area contributed by atoms with E-state index in [1.54, 1.807) is 19.2 Å². The molecule has 0 aliphatic carbocycles. The first-order chi connectivity index (χ1) is 12.6. The van der Waals surface area contributed by atoms with Gasteiger partial charge in [0.2, 0.25) is 0 Å². The Kier molecular flexibility index (Phi) is 6.36. The van der Waals surface area contributed by atoms with Gasteiger partial charge in [-0.25, -0.2) is 4.79 Å². The molecule has 0 spiro atoms. The number of benzene rings is 2. The zero-order valence-electron chi connectivity index (χ0n) is 15.4. The van der Waals surface area contributed by atoms with Crippen LogP contribution in [-0.4, -0.2) is 24.7 Å². The highest BCUT2D eigenvalue weighted by Crippen LogP contribution is 2.37. The number of alkyl halides is 3. The number of carboxylic acid groups (broad SMARTS) is 1. The van der Waals surface area contributed by atoms with E-state index in [9.17, 15) is 18.0 Å². The molecule has 0 aliphatic rings. The normalized spacial score (nSPS) is 11.5. The largest absolute Gasteiger partial charge is 0.487 e. The zero-order valence-corrected chi connectivity index (χ0v) is 15.4. The summed E-state index contributed by atoms with van der Waals surface area (Å²) < 4.78 is 44.9. The molecule has 0 bridgehead atoms. The third-order valence-corrected chi connectivity index (χ3v) is 3.93. The maximum atomic E-state index is 13.1. The zero-order chi connectivity index (χ0) is 20.2. The van der Waals surface area contributed by atoms with Crippen LogP contribution < -0.4 is 9.64 Å². The molecule has 0 saturated heterocycles. The molecule has 0 heterocycles. The first kappa shape index (κ1) is 20.6. The number of hydrogen-bond donors (Lipinski definition) is 1. The van der Waals surface area contributed by atoms with Crippen LogP contribution in [0.25, 0.3) is 0 Å². The summed E-state index contributed by atoms with van der Waals surface area (Å²) in [7, 11) is 1.80. The van der Waals surface area contributed by atoms with E-state index in [0.29, 0.717) is 23.7 Å². The molecule has 0 radical (unpaired) electrons. The van der Waals surface area contributed by atoms with Gasteiger partial charge in [0, 0.05) is 13.6 Å². The van der Waals surface area contributed by atoms with E-state index in [1.807, 2.05) is 18.7 Å². The van der Waals surface area contributed by atoms with Crippen molar-refractivity contribution in [2.75, 3.05) is 18.5 Å². The van der Waals surface area contributed by atoms with Crippen molar-refractivity contribution in [3.05, 3.63) is 59.2 Å². The molecule has 146 valence electrons. The minimum absolute atomic E-state index is 0.0315. The summed E-state index contributed by atoms with van der Waals surface area (Å²) >= 11 is 0. The summed E-state index contributed by atoms with van der Waals surface area (Å²) in [6.45, 7) is 4.73. The standard InChI is InChI=1S/C20H22F3NO3/c1-13(2)11-24(3)17-9-8-16(20(21,22)23)10-18(17)27-12-14-4-6-15(7-5-14)19(25)26/h4-10,13H,11-12H2,1-3H3,(H,25,26). The number of ether oxygens (including phenoxy) is 1. The second-order valence-electron chi connectivity index (χ2n) is 6.75. The van der Waals surface area contributed by atoms with Gasteiger partial charge in [-0.1, -0.05) is 26.0 Å². The number of rotatable bonds is 7. The van der Waals surface area contributed by atoms with Crippen LogP contribution in [0.2, 0.25) is 0 Å². The van der Waals surface area contributed by atoms with Gasteiger partial charge in [0.1, 0.15) is 12.4 Å². The molecule has 0 saturated carbocycles. The first-order valence-corrected chi connectivity index (χ1v) is 8.45. The molecular weight excluding hydrogens is 359 g/mol. The summed E-state index contributed by atoms with van der Waals surface area (Å²) in [5.74, 6) is -0.582. The van der Waals surface area contributed by atoms with Crippen LogP contribution in [0, 0.1) is 5.92 Å². The summed E-state index contributed by atoms with van der Waals surface area (Å²) in [6, 6.07) is 9.47. The van der Waals surface area contributed by atoms with Crippen molar-refractivity contribution in [3.63, 3.8) is 0 Å². The molecular formula is C20H22F3NO3. The number of aromatic carboxylic acids is 1. The molecule has 27 heavy (non-hydrogen) atoms. The molecule has 0 atom stereocenters. The molecule has 1 N–H and O–H groups in total. The van der Waals surface area contributed by atoms with Crippen LogP contribution in [0.5, 0.6) is 5.75 Å². The van der Waals surface area contributed by atoms with Crippen molar-refractivity contribution >= 4 is 11.7 Å². The topological polar surface area (TPSA) is 49.8 Å². The molecule has 0 aromatic heterocycles. The van der Waals surface area contributed by atoms with E-state index in [4.69, 9.17) is 9.84 Å². The number of hydrogen-bond acceptors (Lipinski definition) is 3.